The lowest BCUT2D eigenvalue weighted by Crippen LogP contribution is -2.22. The normalized spacial score (nSPS) is 12.3. The van der Waals surface area contributed by atoms with Gasteiger partial charge in [0.2, 0.25) is 11.9 Å². The zero-order valence-electron chi connectivity index (χ0n) is 38.9. The number of nitro groups is 2. The molecule has 0 unspecified atom stereocenters. The van der Waals surface area contributed by atoms with E-state index in [1.165, 1.54) is 18.3 Å². The van der Waals surface area contributed by atoms with E-state index in [0.717, 1.165) is 81.6 Å². The van der Waals surface area contributed by atoms with Crippen LogP contribution in [0.25, 0.3) is 44.3 Å². The third-order valence-corrected chi connectivity index (χ3v) is 12.8. The van der Waals surface area contributed by atoms with Crippen molar-refractivity contribution in [3.63, 3.8) is 0 Å². The number of aliphatic hydroxyl groups excluding tert-OH is 1. The van der Waals surface area contributed by atoms with Crippen LogP contribution in [0, 0.1) is 34.1 Å². The van der Waals surface area contributed by atoms with Crippen LogP contribution >= 0.6 is 23.2 Å². The summed E-state index contributed by atoms with van der Waals surface area (Å²) in [5.41, 5.74) is 8.48. The molecular formula is C50H52Cl2N12O7. The van der Waals surface area contributed by atoms with E-state index >= 15 is 0 Å². The molecule has 2 aliphatic rings. The first-order chi connectivity index (χ1) is 33.7. The Kier molecular flexibility index (Phi) is 14.5. The highest BCUT2D eigenvalue weighted by atomic mass is 35.5. The number of nitro benzene ring substituents is 2. The molecule has 71 heavy (non-hydrogen) atoms. The molecule has 2 aliphatic heterocycles. The number of likely N-dealkylation sites (N-methyl/N-ethyl adjacent to an activating group) is 1. The number of aliphatic hydroxyl groups is 1. The lowest BCUT2D eigenvalue weighted by molar-refractivity contribution is -0.384. The Morgan fingerprint density at radius 3 is 1.56 bits per heavy atom. The number of hydrogen-bond donors (Lipinski definition) is 3. The van der Waals surface area contributed by atoms with Gasteiger partial charge in [0, 0.05) is 73.6 Å². The van der Waals surface area contributed by atoms with Gasteiger partial charge in [-0.3, -0.25) is 20.2 Å². The molecule has 3 N–H and O–H groups in total. The fraction of sp³-hybridized carbons (Fsp3) is 0.280. The van der Waals surface area contributed by atoms with E-state index in [4.69, 9.17) is 37.7 Å². The van der Waals surface area contributed by atoms with Gasteiger partial charge in [0.1, 0.15) is 36.1 Å². The minimum Gasteiger partial charge on any atom is -0.490 e. The van der Waals surface area contributed by atoms with Crippen LogP contribution in [0.15, 0.2) is 85.5 Å². The van der Waals surface area contributed by atoms with Crippen molar-refractivity contribution in [2.75, 3.05) is 67.4 Å². The molecule has 19 nitrogen and oxygen atoms in total. The summed E-state index contributed by atoms with van der Waals surface area (Å²) >= 11 is 13.1. The fourth-order valence-electron chi connectivity index (χ4n) is 8.86. The summed E-state index contributed by atoms with van der Waals surface area (Å²) in [4.78, 5) is 44.3. The van der Waals surface area contributed by atoms with Gasteiger partial charge in [0.05, 0.1) is 85.8 Å². The SMILES string of the molecule is C.CCCN(C)c1cc(C)c(Nc2ncc(Cl)c(-c3cn4c5c(cccc35)OCC4)n2)cc1[N+](=O)[O-].Cc1cc(N(C)CCO)c([N+](=O)[O-])cc1Nc1ncc(Cl)c(-c2cn3c4c(cccc24)OCC3)n1. The first kappa shape index (κ1) is 49.7. The maximum atomic E-state index is 11.8. The Bertz CT molecular complexity index is 3120. The molecule has 0 saturated carbocycles. The topological polar surface area (TPSA) is 217 Å². The van der Waals surface area contributed by atoms with Crippen molar-refractivity contribution in [2.24, 2.45) is 0 Å². The average Bonchev–Trinajstić information content (AvgIpc) is 3.92. The van der Waals surface area contributed by atoms with Crippen LogP contribution in [-0.2, 0) is 13.1 Å². The van der Waals surface area contributed by atoms with Gasteiger partial charge in [-0.2, -0.15) is 0 Å². The van der Waals surface area contributed by atoms with Crippen LogP contribution in [0.3, 0.4) is 0 Å². The lowest BCUT2D eigenvalue weighted by atomic mass is 10.1. The van der Waals surface area contributed by atoms with Crippen LogP contribution in [0.1, 0.15) is 31.9 Å². The van der Waals surface area contributed by atoms with Gasteiger partial charge < -0.3 is 44.1 Å². The number of nitrogens with zero attached hydrogens (tertiary/aromatic N) is 10. The van der Waals surface area contributed by atoms with Crippen LogP contribution in [0.4, 0.5) is 46.0 Å². The van der Waals surface area contributed by atoms with E-state index in [0.29, 0.717) is 63.3 Å². The Morgan fingerprint density at radius 1 is 0.718 bits per heavy atom. The summed E-state index contributed by atoms with van der Waals surface area (Å²) in [7, 11) is 3.56. The number of ether oxygens (including phenoxy) is 2. The van der Waals surface area contributed by atoms with E-state index in [-0.39, 0.29) is 42.8 Å². The predicted molar refractivity (Wildman–Crippen MR) is 280 cm³/mol. The van der Waals surface area contributed by atoms with Gasteiger partial charge >= 0.3 is 0 Å². The number of para-hydroxylation sites is 2. The highest BCUT2D eigenvalue weighted by Crippen LogP contribution is 2.42. The predicted octanol–water partition coefficient (Wildman–Crippen LogP) is 11.1. The standard InChI is InChI=1S/C25H25ClN6O3.C24H23ClN6O4.CH4/c1-4-8-30(3)20-11-15(2)19(12-21(20)32(33)34)28-25-27-13-18(26)23(29-25)17-14-31-9-10-35-22-7-5-6-16(17)24(22)31;1-14-10-19(29(2)6-8-32)20(31(33)34)11-18(14)27-24-26-12-17(25)22(28-24)16-13-30-7-9-35-21-5-3-4-15(16)23(21)30;/h5-7,11-14H,4,8-10H2,1-3H3,(H,27,28,29);3-5,10-13,32H,6-9H2,1-2H3,(H,26,27,28);1H4. The number of hydrogen-bond acceptors (Lipinski definition) is 15. The minimum absolute atomic E-state index is 0. The minimum atomic E-state index is -0.446. The summed E-state index contributed by atoms with van der Waals surface area (Å²) in [5, 5.41) is 41.8. The first-order valence-electron chi connectivity index (χ1n) is 22.4. The molecule has 21 heteroatoms. The second kappa shape index (κ2) is 20.7. The molecule has 0 aliphatic carbocycles. The quantitative estimate of drug-likeness (QED) is 0.0682. The fourth-order valence-corrected chi connectivity index (χ4v) is 9.24. The molecule has 0 amide bonds. The molecule has 368 valence electrons. The van der Waals surface area contributed by atoms with E-state index < -0.39 is 4.92 Å². The maximum Gasteiger partial charge on any atom is 0.294 e. The number of anilines is 6. The van der Waals surface area contributed by atoms with E-state index in [1.54, 1.807) is 24.2 Å². The van der Waals surface area contributed by atoms with E-state index in [1.807, 2.05) is 87.6 Å². The maximum absolute atomic E-state index is 11.8. The molecule has 4 aromatic carbocycles. The third-order valence-electron chi connectivity index (χ3n) is 12.2. The van der Waals surface area contributed by atoms with Crippen molar-refractivity contribution >= 4 is 91.0 Å². The molecule has 0 spiro atoms. The van der Waals surface area contributed by atoms with Crippen molar-refractivity contribution in [1.29, 1.82) is 0 Å². The van der Waals surface area contributed by atoms with Crippen LogP contribution < -0.4 is 29.9 Å². The van der Waals surface area contributed by atoms with Crippen molar-refractivity contribution in [1.82, 2.24) is 29.1 Å². The molecule has 0 saturated heterocycles. The van der Waals surface area contributed by atoms with Gasteiger partial charge in [-0.05, 0) is 55.7 Å². The zero-order valence-corrected chi connectivity index (χ0v) is 40.4. The summed E-state index contributed by atoms with van der Waals surface area (Å²) in [6, 6.07) is 18.3. The molecule has 0 bridgehead atoms. The molecular weight excluding hydrogens is 952 g/mol. The molecule has 10 rings (SSSR count). The average molecular weight is 1000 g/mol. The Morgan fingerprint density at radius 2 is 1.15 bits per heavy atom. The highest BCUT2D eigenvalue weighted by molar-refractivity contribution is 6.33. The molecule has 8 aromatic rings. The van der Waals surface area contributed by atoms with Gasteiger partial charge in [0.25, 0.3) is 11.4 Å². The van der Waals surface area contributed by atoms with Crippen LogP contribution in [-0.4, -0.2) is 91.0 Å². The van der Waals surface area contributed by atoms with Gasteiger partial charge in [-0.15, -0.1) is 0 Å². The first-order valence-corrected chi connectivity index (χ1v) is 23.2. The van der Waals surface area contributed by atoms with Crippen LogP contribution in [0.5, 0.6) is 11.5 Å². The van der Waals surface area contributed by atoms with Crippen molar-refractivity contribution < 1.29 is 24.4 Å². The highest BCUT2D eigenvalue weighted by Gasteiger charge is 2.25. The summed E-state index contributed by atoms with van der Waals surface area (Å²) in [5.74, 6) is 2.22. The number of benzene rings is 4. The van der Waals surface area contributed by atoms with Gasteiger partial charge in [-0.1, -0.05) is 61.8 Å². The second-order valence-corrected chi connectivity index (χ2v) is 17.7. The number of aromatic nitrogens is 6. The zero-order chi connectivity index (χ0) is 49.4. The Labute approximate surface area is 418 Å². The summed E-state index contributed by atoms with van der Waals surface area (Å²) < 4.78 is 15.9. The van der Waals surface area contributed by atoms with Crippen molar-refractivity contribution in [3.05, 3.63) is 127 Å². The summed E-state index contributed by atoms with van der Waals surface area (Å²) in [6.45, 7) is 9.31. The largest absolute Gasteiger partial charge is 0.490 e. The number of nitrogens with one attached hydrogen (secondary N) is 2. The van der Waals surface area contributed by atoms with E-state index in [9.17, 15) is 25.3 Å². The molecule has 6 heterocycles. The van der Waals surface area contributed by atoms with Gasteiger partial charge in [0.15, 0.2) is 0 Å². The molecule has 0 radical (unpaired) electrons. The van der Waals surface area contributed by atoms with E-state index in [2.05, 4.69) is 34.7 Å². The van der Waals surface area contributed by atoms with Crippen LogP contribution in [0.2, 0.25) is 10.0 Å². The monoisotopic (exact) mass is 1000 g/mol. The molecule has 4 aromatic heterocycles. The third kappa shape index (κ3) is 9.75. The smallest absolute Gasteiger partial charge is 0.294 e. The Hall–Kier alpha value is -7.74. The molecule has 0 fully saturated rings. The Balaban J connectivity index is 0.000000188. The second-order valence-electron chi connectivity index (χ2n) is 16.9. The number of rotatable bonds is 14. The van der Waals surface area contributed by atoms with Gasteiger partial charge in [-0.25, -0.2) is 19.9 Å². The van der Waals surface area contributed by atoms with Crippen molar-refractivity contribution in [3.8, 4) is 34.0 Å². The summed E-state index contributed by atoms with van der Waals surface area (Å²) in [6.07, 6.45) is 7.99. The lowest BCUT2D eigenvalue weighted by Gasteiger charge is -2.20. The number of aryl methyl sites for hydroxylation is 2. The molecule has 0 atom stereocenters. The number of halogens is 2. The van der Waals surface area contributed by atoms with Crippen molar-refractivity contribution in [2.45, 2.75) is 47.7 Å².